The molecule has 2 heterocycles. The third-order valence-corrected chi connectivity index (χ3v) is 2.89. The number of nitrogen functional groups attached to an aromatic ring is 1. The highest BCUT2D eigenvalue weighted by molar-refractivity contribution is 5.64. The second kappa shape index (κ2) is 4.48. The predicted molar refractivity (Wildman–Crippen MR) is 70.8 cm³/mol. The molecule has 4 nitrogen and oxygen atoms in total. The Labute approximate surface area is 113 Å². The number of nitrogens with zero attached hydrogens (tertiary/aromatic N) is 1. The third kappa shape index (κ3) is 2.16. The molecule has 3 N–H and O–H groups in total. The van der Waals surface area contributed by atoms with Crippen LogP contribution in [0, 0.1) is 18.6 Å². The molecule has 6 heteroatoms. The van der Waals surface area contributed by atoms with Crippen molar-refractivity contribution in [3.63, 3.8) is 0 Å². The molecule has 2 aromatic heterocycles. The third-order valence-electron chi connectivity index (χ3n) is 2.89. The van der Waals surface area contributed by atoms with Crippen LogP contribution < -0.4 is 5.73 Å². The van der Waals surface area contributed by atoms with E-state index in [1.54, 1.807) is 12.1 Å². The maximum atomic E-state index is 13.2. The van der Waals surface area contributed by atoms with Crippen molar-refractivity contribution >= 4 is 5.95 Å². The number of aromatic nitrogens is 2. The van der Waals surface area contributed by atoms with E-state index in [0.29, 0.717) is 22.8 Å². The second-order valence-electron chi connectivity index (χ2n) is 4.42. The highest BCUT2D eigenvalue weighted by atomic mass is 19.1. The van der Waals surface area contributed by atoms with Crippen LogP contribution in [0.5, 0.6) is 0 Å². The molecule has 0 spiro atoms. The van der Waals surface area contributed by atoms with E-state index >= 15 is 0 Å². The Hall–Kier alpha value is -2.63. The van der Waals surface area contributed by atoms with Crippen LogP contribution in [0.1, 0.15) is 5.69 Å². The lowest BCUT2D eigenvalue weighted by atomic mass is 10.1. The van der Waals surface area contributed by atoms with E-state index in [1.807, 2.05) is 6.92 Å². The topological polar surface area (TPSA) is 67.8 Å². The first-order chi connectivity index (χ1) is 9.52. The Bertz CT molecular complexity index is 756. The van der Waals surface area contributed by atoms with Crippen molar-refractivity contribution in [1.29, 1.82) is 0 Å². The van der Waals surface area contributed by atoms with Gasteiger partial charge in [-0.25, -0.2) is 13.8 Å². The molecule has 0 radical (unpaired) electrons. The smallest absolute Gasteiger partial charge is 0.198 e. The van der Waals surface area contributed by atoms with E-state index in [1.165, 1.54) is 12.1 Å². The standard InChI is InChI=1S/C14H11F2N3O/c1-7-13(19-14(17)18-7)12-3-2-11(20-12)8-4-9(15)6-10(16)5-8/h2-6H,1H3,(H3,17,18,19). The normalized spacial score (nSPS) is 10.9. The summed E-state index contributed by atoms with van der Waals surface area (Å²) in [5, 5.41) is 0. The molecule has 20 heavy (non-hydrogen) atoms. The molecule has 1 aromatic carbocycles. The molecule has 0 saturated carbocycles. The SMILES string of the molecule is Cc1[nH]c(N)nc1-c1ccc(-c2cc(F)cc(F)c2)o1. The van der Waals surface area contributed by atoms with Crippen LogP contribution in [0.25, 0.3) is 22.8 Å². The van der Waals surface area contributed by atoms with E-state index in [9.17, 15) is 8.78 Å². The fraction of sp³-hybridized carbons (Fsp3) is 0.0714. The van der Waals surface area contributed by atoms with Crippen LogP contribution in [-0.4, -0.2) is 9.97 Å². The zero-order valence-electron chi connectivity index (χ0n) is 10.6. The lowest BCUT2D eigenvalue weighted by molar-refractivity contribution is 0.574. The second-order valence-corrected chi connectivity index (χ2v) is 4.42. The van der Waals surface area contributed by atoms with Crippen LogP contribution in [0.4, 0.5) is 14.7 Å². The minimum absolute atomic E-state index is 0.284. The van der Waals surface area contributed by atoms with Gasteiger partial charge in [0.15, 0.2) is 11.7 Å². The van der Waals surface area contributed by atoms with Crippen molar-refractivity contribution in [1.82, 2.24) is 9.97 Å². The van der Waals surface area contributed by atoms with Crippen molar-refractivity contribution in [2.45, 2.75) is 6.92 Å². The van der Waals surface area contributed by atoms with Gasteiger partial charge in [-0.2, -0.15) is 0 Å². The maximum Gasteiger partial charge on any atom is 0.198 e. The molecular formula is C14H11F2N3O. The number of furan rings is 1. The Kier molecular flexibility index (Phi) is 2.78. The highest BCUT2D eigenvalue weighted by Gasteiger charge is 2.13. The number of aryl methyl sites for hydroxylation is 1. The van der Waals surface area contributed by atoms with Gasteiger partial charge in [0.2, 0.25) is 0 Å². The Morgan fingerprint density at radius 3 is 2.35 bits per heavy atom. The maximum absolute atomic E-state index is 13.2. The van der Waals surface area contributed by atoms with Crippen molar-refractivity contribution in [2.75, 3.05) is 5.73 Å². The zero-order chi connectivity index (χ0) is 14.3. The first kappa shape index (κ1) is 12.4. The number of aromatic amines is 1. The summed E-state index contributed by atoms with van der Waals surface area (Å²) in [6, 6.07) is 6.54. The zero-order valence-corrected chi connectivity index (χ0v) is 10.6. The largest absolute Gasteiger partial charge is 0.454 e. The number of rotatable bonds is 2. The van der Waals surface area contributed by atoms with Gasteiger partial charge in [-0.05, 0) is 31.2 Å². The molecule has 3 rings (SSSR count). The number of hydrogen-bond donors (Lipinski definition) is 2. The molecule has 0 aliphatic rings. The molecule has 0 saturated heterocycles. The molecule has 0 unspecified atom stereocenters. The van der Waals surface area contributed by atoms with E-state index in [-0.39, 0.29) is 5.95 Å². The minimum atomic E-state index is -0.654. The molecule has 102 valence electrons. The van der Waals surface area contributed by atoms with Crippen molar-refractivity contribution < 1.29 is 13.2 Å². The molecule has 0 aliphatic heterocycles. The van der Waals surface area contributed by atoms with E-state index in [2.05, 4.69) is 9.97 Å². The van der Waals surface area contributed by atoms with Crippen molar-refractivity contribution in [3.8, 4) is 22.8 Å². The molecule has 0 aliphatic carbocycles. The van der Waals surface area contributed by atoms with Crippen molar-refractivity contribution in [3.05, 3.63) is 47.7 Å². The summed E-state index contributed by atoms with van der Waals surface area (Å²) >= 11 is 0. The molecule has 0 bridgehead atoms. The summed E-state index contributed by atoms with van der Waals surface area (Å²) < 4.78 is 32.0. The molecule has 0 atom stereocenters. The number of halogens is 2. The Morgan fingerprint density at radius 2 is 1.75 bits per heavy atom. The minimum Gasteiger partial charge on any atom is -0.454 e. The fourth-order valence-corrected chi connectivity index (χ4v) is 2.04. The van der Waals surface area contributed by atoms with Gasteiger partial charge < -0.3 is 15.1 Å². The van der Waals surface area contributed by atoms with Crippen LogP contribution in [0.15, 0.2) is 34.7 Å². The Morgan fingerprint density at radius 1 is 1.10 bits per heavy atom. The molecule has 0 amide bonds. The Balaban J connectivity index is 2.04. The average molecular weight is 275 g/mol. The van der Waals surface area contributed by atoms with Gasteiger partial charge in [-0.1, -0.05) is 0 Å². The van der Waals surface area contributed by atoms with Crippen LogP contribution in [0.2, 0.25) is 0 Å². The van der Waals surface area contributed by atoms with Crippen molar-refractivity contribution in [2.24, 2.45) is 0 Å². The van der Waals surface area contributed by atoms with Gasteiger partial charge in [0.25, 0.3) is 0 Å². The average Bonchev–Trinajstić information content (AvgIpc) is 2.94. The quantitative estimate of drug-likeness (QED) is 0.752. The van der Waals surface area contributed by atoms with Gasteiger partial charge in [-0.3, -0.25) is 0 Å². The van der Waals surface area contributed by atoms with Crippen LogP contribution >= 0.6 is 0 Å². The van der Waals surface area contributed by atoms with Gasteiger partial charge in [-0.15, -0.1) is 0 Å². The number of nitrogens with one attached hydrogen (secondary N) is 1. The van der Waals surface area contributed by atoms with Crippen LogP contribution in [-0.2, 0) is 0 Å². The number of H-pyrrole nitrogens is 1. The fourth-order valence-electron chi connectivity index (χ4n) is 2.04. The van der Waals surface area contributed by atoms with Gasteiger partial charge in [0.05, 0.1) is 0 Å². The van der Waals surface area contributed by atoms with Gasteiger partial charge >= 0.3 is 0 Å². The summed E-state index contributed by atoms with van der Waals surface area (Å²) in [5.74, 6) is -0.182. The monoisotopic (exact) mass is 275 g/mol. The number of anilines is 1. The summed E-state index contributed by atoms with van der Waals surface area (Å²) in [4.78, 5) is 6.96. The lowest BCUT2D eigenvalue weighted by Crippen LogP contribution is -1.85. The van der Waals surface area contributed by atoms with Gasteiger partial charge in [0, 0.05) is 17.3 Å². The number of benzene rings is 1. The molecular weight excluding hydrogens is 264 g/mol. The summed E-state index contributed by atoms with van der Waals surface area (Å²) in [5.41, 5.74) is 7.23. The summed E-state index contributed by atoms with van der Waals surface area (Å²) in [6.07, 6.45) is 0. The number of imidazole rings is 1. The molecule has 0 fully saturated rings. The highest BCUT2D eigenvalue weighted by Crippen LogP contribution is 2.30. The first-order valence-electron chi connectivity index (χ1n) is 5.91. The van der Waals surface area contributed by atoms with E-state index < -0.39 is 11.6 Å². The first-order valence-corrected chi connectivity index (χ1v) is 5.91. The van der Waals surface area contributed by atoms with Crippen LogP contribution in [0.3, 0.4) is 0 Å². The van der Waals surface area contributed by atoms with E-state index in [4.69, 9.17) is 10.2 Å². The summed E-state index contributed by atoms with van der Waals surface area (Å²) in [6.45, 7) is 1.81. The van der Waals surface area contributed by atoms with Gasteiger partial charge in [0.1, 0.15) is 23.1 Å². The molecule has 3 aromatic rings. The predicted octanol–water partition coefficient (Wildman–Crippen LogP) is 3.51. The summed E-state index contributed by atoms with van der Waals surface area (Å²) in [7, 11) is 0. The van der Waals surface area contributed by atoms with E-state index in [0.717, 1.165) is 11.8 Å². The number of hydrogen-bond acceptors (Lipinski definition) is 3. The number of nitrogens with two attached hydrogens (primary N) is 1. The lowest BCUT2D eigenvalue weighted by Gasteiger charge is -1.98.